The number of Topliss-reactive ketones (excluding diaryl/α,β-unsaturated/α-hetero) is 1. The van der Waals surface area contributed by atoms with E-state index < -0.39 is 29.4 Å². The van der Waals surface area contributed by atoms with E-state index in [1.54, 1.807) is 6.08 Å². The lowest BCUT2D eigenvalue weighted by Gasteiger charge is -2.34. The molecule has 56 heavy (non-hydrogen) atoms. The third-order valence-electron chi connectivity index (χ3n) is 12.0. The highest BCUT2D eigenvalue weighted by Gasteiger charge is 2.49. The standard InChI is InChI=1S/C42H56N6O8/c1-21(2)47-23(5)41(9,10)29-17-27(31(19-33(29)47)43-35(51)13-15-45(55)25(7)49)37-39(53)38(40(37)54)28-18-30-34(48(22(3)4)24(6)42(30,11)12)20-32(28)44-36(52)14-16-46(56)26(8)50/h17-24,53,55-56H,13-16H2,1-12H3,(H,43,51)/b38-28-,44-32?. The number of carbonyl (C=O) groups is 5. The van der Waals surface area contributed by atoms with Gasteiger partial charge in [0, 0.05) is 84.2 Å². The van der Waals surface area contributed by atoms with Gasteiger partial charge in [0.05, 0.1) is 35.6 Å². The quantitative estimate of drug-likeness (QED) is 0.128. The number of anilines is 2. The molecule has 5 rings (SSSR count). The first-order chi connectivity index (χ1) is 25.9. The number of likely N-dealkylation sites (tertiary alicyclic amines) is 1. The van der Waals surface area contributed by atoms with E-state index in [9.17, 15) is 39.5 Å². The second kappa shape index (κ2) is 15.1. The third-order valence-corrected chi connectivity index (χ3v) is 12.0. The number of nitrogens with zero attached hydrogens (tertiary/aromatic N) is 5. The lowest BCUT2D eigenvalue weighted by Crippen LogP contribution is -2.42. The van der Waals surface area contributed by atoms with Crippen LogP contribution in [0.25, 0.3) is 5.57 Å². The normalized spacial score (nSPS) is 22.9. The Morgan fingerprint density at radius 1 is 0.839 bits per heavy atom. The Kier molecular flexibility index (Phi) is 11.4. The van der Waals surface area contributed by atoms with Crippen LogP contribution in [0.15, 0.2) is 57.5 Å². The molecule has 0 bridgehead atoms. The van der Waals surface area contributed by atoms with Crippen molar-refractivity contribution in [2.75, 3.05) is 23.3 Å². The maximum Gasteiger partial charge on any atom is 0.248 e. The minimum absolute atomic E-state index is 0.0105. The van der Waals surface area contributed by atoms with Crippen molar-refractivity contribution < 1.29 is 39.5 Å². The van der Waals surface area contributed by atoms with Gasteiger partial charge in [-0.1, -0.05) is 27.7 Å². The van der Waals surface area contributed by atoms with Crippen molar-refractivity contribution in [2.24, 2.45) is 10.4 Å². The fraction of sp³-hybridized carbons (Fsp3) is 0.524. The number of carbonyl (C=O) groups excluding carboxylic acids is 5. The zero-order valence-electron chi connectivity index (χ0n) is 34.6. The Labute approximate surface area is 328 Å². The smallest absolute Gasteiger partial charge is 0.248 e. The summed E-state index contributed by atoms with van der Waals surface area (Å²) in [5, 5.41) is 35.5. The summed E-state index contributed by atoms with van der Waals surface area (Å²) in [5.74, 6) is -3.21. The number of hydroxylamine groups is 4. The number of aliphatic hydroxyl groups excluding tert-OH is 1. The van der Waals surface area contributed by atoms with Gasteiger partial charge >= 0.3 is 0 Å². The molecule has 2 heterocycles. The zero-order valence-corrected chi connectivity index (χ0v) is 34.6. The number of benzene rings is 1. The van der Waals surface area contributed by atoms with Crippen LogP contribution in [-0.2, 0) is 29.4 Å². The molecule has 1 aromatic carbocycles. The van der Waals surface area contributed by atoms with Gasteiger partial charge in [0.2, 0.25) is 29.4 Å². The molecular weight excluding hydrogens is 716 g/mol. The molecule has 4 amide bonds. The van der Waals surface area contributed by atoms with Crippen molar-refractivity contribution in [1.29, 1.82) is 0 Å². The van der Waals surface area contributed by atoms with E-state index >= 15 is 0 Å². The molecule has 1 fully saturated rings. The van der Waals surface area contributed by atoms with E-state index in [1.807, 2.05) is 18.2 Å². The number of nitrogens with one attached hydrogen (secondary N) is 1. The van der Waals surface area contributed by atoms with E-state index in [-0.39, 0.29) is 94.8 Å². The monoisotopic (exact) mass is 772 g/mol. The van der Waals surface area contributed by atoms with Crippen LogP contribution in [0.3, 0.4) is 0 Å². The average molecular weight is 773 g/mol. The van der Waals surface area contributed by atoms with Crippen LogP contribution in [0.2, 0.25) is 0 Å². The molecule has 14 heteroatoms. The van der Waals surface area contributed by atoms with E-state index in [4.69, 9.17) is 0 Å². The summed E-state index contributed by atoms with van der Waals surface area (Å²) >= 11 is 0. The van der Waals surface area contributed by atoms with Gasteiger partial charge in [-0.15, -0.1) is 0 Å². The number of rotatable bonds is 10. The third kappa shape index (κ3) is 7.20. The molecule has 0 aromatic heterocycles. The van der Waals surface area contributed by atoms with Gasteiger partial charge in [-0.2, -0.15) is 0 Å². The van der Waals surface area contributed by atoms with Gasteiger partial charge in [-0.25, -0.2) is 15.1 Å². The molecular formula is C42H56N6O8. The number of fused-ring (bicyclic) bond motifs is 2. The molecule has 1 aromatic rings. The first kappa shape index (κ1) is 42.1. The number of ketones is 1. The van der Waals surface area contributed by atoms with Gasteiger partial charge in [0.15, 0.2) is 0 Å². The average Bonchev–Trinajstić information content (AvgIpc) is 3.42. The zero-order chi connectivity index (χ0) is 41.9. The maximum atomic E-state index is 14.6. The summed E-state index contributed by atoms with van der Waals surface area (Å²) in [7, 11) is 0. The minimum atomic E-state index is -0.634. The van der Waals surface area contributed by atoms with Gasteiger partial charge < -0.3 is 20.2 Å². The molecule has 0 saturated carbocycles. The molecule has 4 aliphatic rings. The molecule has 2 aliphatic carbocycles. The van der Waals surface area contributed by atoms with Gasteiger partial charge in [-0.3, -0.25) is 34.4 Å². The van der Waals surface area contributed by atoms with Crippen molar-refractivity contribution in [2.45, 2.75) is 126 Å². The first-order valence-corrected chi connectivity index (χ1v) is 19.2. The Morgan fingerprint density at radius 3 is 1.93 bits per heavy atom. The number of aliphatic imine (C=N–C) groups is 1. The highest BCUT2D eigenvalue weighted by Crippen LogP contribution is 2.53. The molecule has 302 valence electrons. The summed E-state index contributed by atoms with van der Waals surface area (Å²) in [6, 6.07) is 3.93. The Bertz CT molecular complexity index is 2050. The highest BCUT2D eigenvalue weighted by atomic mass is 16.5. The van der Waals surface area contributed by atoms with Crippen LogP contribution in [0, 0.1) is 5.41 Å². The van der Waals surface area contributed by atoms with Crippen LogP contribution in [0.5, 0.6) is 0 Å². The second-order valence-corrected chi connectivity index (χ2v) is 16.9. The summed E-state index contributed by atoms with van der Waals surface area (Å²) < 4.78 is 0. The summed E-state index contributed by atoms with van der Waals surface area (Å²) in [6.07, 6.45) is 3.08. The first-order valence-electron chi connectivity index (χ1n) is 19.2. The van der Waals surface area contributed by atoms with Crippen LogP contribution >= 0.6 is 0 Å². The lowest BCUT2D eigenvalue weighted by atomic mass is 9.73. The Hall–Kier alpha value is -5.08. The van der Waals surface area contributed by atoms with E-state index in [2.05, 4.69) is 89.3 Å². The highest BCUT2D eigenvalue weighted by molar-refractivity contribution is 6.42. The lowest BCUT2D eigenvalue weighted by molar-refractivity contribution is -0.163. The SMILES string of the molecule is CC(=O)N(O)CCC(=O)N=C1C=C2C(=C/C1=C1/C(=O)C(c3cc4c(cc3NC(=O)CCN(O)C(C)=O)N(C(C)C)C(C)C4(C)C)=C1O)C(C)(C)C(C)N2C(C)C. The van der Waals surface area contributed by atoms with Crippen molar-refractivity contribution in [3.8, 4) is 0 Å². The molecule has 0 spiro atoms. The Balaban J connectivity index is 1.69. The summed E-state index contributed by atoms with van der Waals surface area (Å²) in [4.78, 5) is 73.1. The molecule has 0 radical (unpaired) electrons. The summed E-state index contributed by atoms with van der Waals surface area (Å²) in [6.45, 7) is 22.8. The molecule has 2 atom stereocenters. The largest absolute Gasteiger partial charge is 0.506 e. The van der Waals surface area contributed by atoms with Crippen LogP contribution in [0.1, 0.15) is 107 Å². The van der Waals surface area contributed by atoms with E-state index in [0.29, 0.717) is 15.7 Å². The van der Waals surface area contributed by atoms with Crippen LogP contribution in [0.4, 0.5) is 11.4 Å². The number of hydrogen-bond acceptors (Lipinski definition) is 10. The topological polar surface area (TPSA) is 183 Å². The van der Waals surface area contributed by atoms with Crippen molar-refractivity contribution in [1.82, 2.24) is 15.0 Å². The van der Waals surface area contributed by atoms with Crippen molar-refractivity contribution >= 4 is 52.1 Å². The maximum absolute atomic E-state index is 14.6. The summed E-state index contributed by atoms with van der Waals surface area (Å²) in [5.41, 5.74) is 3.77. The fourth-order valence-corrected chi connectivity index (χ4v) is 8.27. The van der Waals surface area contributed by atoms with Gasteiger partial charge in [0.25, 0.3) is 0 Å². The van der Waals surface area contributed by atoms with Crippen molar-refractivity contribution in [3.63, 3.8) is 0 Å². The predicted molar refractivity (Wildman–Crippen MR) is 213 cm³/mol. The van der Waals surface area contributed by atoms with Crippen LogP contribution < -0.4 is 10.2 Å². The van der Waals surface area contributed by atoms with Crippen LogP contribution in [-0.4, -0.2) is 103 Å². The van der Waals surface area contributed by atoms with E-state index in [0.717, 1.165) is 22.5 Å². The fourth-order valence-electron chi connectivity index (χ4n) is 8.27. The Morgan fingerprint density at radius 2 is 1.39 bits per heavy atom. The molecule has 2 unspecified atom stereocenters. The number of aliphatic hydroxyl groups is 1. The molecule has 14 nitrogen and oxygen atoms in total. The number of hydrogen-bond donors (Lipinski definition) is 4. The number of allylic oxidation sites excluding steroid dienone is 6. The number of amides is 4. The predicted octanol–water partition coefficient (Wildman–Crippen LogP) is 5.85. The minimum Gasteiger partial charge on any atom is -0.506 e. The second-order valence-electron chi connectivity index (χ2n) is 16.9. The molecule has 1 saturated heterocycles. The molecule has 4 N–H and O–H groups in total. The van der Waals surface area contributed by atoms with Gasteiger partial charge in [0.1, 0.15) is 5.76 Å². The van der Waals surface area contributed by atoms with E-state index in [1.165, 1.54) is 13.8 Å². The van der Waals surface area contributed by atoms with Gasteiger partial charge in [-0.05, 0) is 77.0 Å². The van der Waals surface area contributed by atoms with Crippen molar-refractivity contribution in [3.05, 3.63) is 63.6 Å². The molecule has 2 aliphatic heterocycles.